The number of carbonyl (C=O) groups is 2. The van der Waals surface area contributed by atoms with Gasteiger partial charge in [-0.2, -0.15) is 0 Å². The number of hydrogen-bond acceptors (Lipinski definition) is 5. The normalized spacial score (nSPS) is 10.4. The van der Waals surface area contributed by atoms with Crippen molar-refractivity contribution in [2.24, 2.45) is 5.73 Å². The monoisotopic (exact) mass is 296 g/mol. The van der Waals surface area contributed by atoms with Gasteiger partial charge in [-0.1, -0.05) is 19.1 Å². The molecule has 1 heterocycles. The lowest BCUT2D eigenvalue weighted by atomic mass is 10.3. The topological polar surface area (TPSA) is 106 Å². The standard InChI is InChI=1S/C13H24N6O2/c1-3-5-18(6-4-2)13(21)10-19-9-11(16-17-19)8-15-12(20)7-14/h9H,3-8,10,14H2,1-2H3,(H,15,20). The summed E-state index contributed by atoms with van der Waals surface area (Å²) >= 11 is 0. The van der Waals surface area contributed by atoms with Crippen molar-refractivity contribution in [2.45, 2.75) is 39.8 Å². The van der Waals surface area contributed by atoms with Crippen molar-refractivity contribution in [3.8, 4) is 0 Å². The minimum absolute atomic E-state index is 0.0288. The summed E-state index contributed by atoms with van der Waals surface area (Å²) in [4.78, 5) is 25.0. The van der Waals surface area contributed by atoms with Gasteiger partial charge in [-0.25, -0.2) is 4.68 Å². The van der Waals surface area contributed by atoms with Crippen molar-refractivity contribution in [3.05, 3.63) is 11.9 Å². The summed E-state index contributed by atoms with van der Waals surface area (Å²) in [6.45, 7) is 5.96. The van der Waals surface area contributed by atoms with E-state index >= 15 is 0 Å². The van der Waals surface area contributed by atoms with Gasteiger partial charge in [-0.3, -0.25) is 9.59 Å². The van der Waals surface area contributed by atoms with E-state index in [2.05, 4.69) is 15.6 Å². The molecule has 0 unspecified atom stereocenters. The van der Waals surface area contributed by atoms with Crippen LogP contribution in [0, 0.1) is 0 Å². The maximum absolute atomic E-state index is 12.2. The first-order valence-corrected chi connectivity index (χ1v) is 7.24. The third kappa shape index (κ3) is 5.90. The highest BCUT2D eigenvalue weighted by molar-refractivity contribution is 5.77. The molecule has 0 saturated heterocycles. The van der Waals surface area contributed by atoms with Crippen molar-refractivity contribution in [1.29, 1.82) is 0 Å². The summed E-state index contributed by atoms with van der Waals surface area (Å²) in [6.07, 6.45) is 3.52. The number of nitrogens with one attached hydrogen (secondary N) is 1. The van der Waals surface area contributed by atoms with Crippen molar-refractivity contribution >= 4 is 11.8 Å². The second kappa shape index (κ2) is 9.06. The number of aromatic nitrogens is 3. The second-order valence-electron chi connectivity index (χ2n) is 4.77. The minimum atomic E-state index is -0.252. The molecule has 0 aliphatic rings. The molecule has 0 saturated carbocycles. The largest absolute Gasteiger partial charge is 0.349 e. The fourth-order valence-electron chi connectivity index (χ4n) is 1.90. The molecule has 0 fully saturated rings. The number of hydrogen-bond donors (Lipinski definition) is 2. The smallest absolute Gasteiger partial charge is 0.244 e. The molecule has 0 aliphatic carbocycles. The third-order valence-corrected chi connectivity index (χ3v) is 2.88. The Kier molecular flexibility index (Phi) is 7.38. The van der Waals surface area contributed by atoms with Crippen LogP contribution in [0.15, 0.2) is 6.20 Å². The van der Waals surface area contributed by atoms with Crippen LogP contribution in [0.5, 0.6) is 0 Å². The van der Waals surface area contributed by atoms with E-state index in [1.54, 1.807) is 6.20 Å². The van der Waals surface area contributed by atoms with Crippen LogP contribution >= 0.6 is 0 Å². The number of carbonyl (C=O) groups excluding carboxylic acids is 2. The molecule has 21 heavy (non-hydrogen) atoms. The molecule has 0 radical (unpaired) electrons. The lowest BCUT2D eigenvalue weighted by Gasteiger charge is -2.21. The number of rotatable bonds is 9. The molecule has 0 aliphatic heterocycles. The zero-order valence-corrected chi connectivity index (χ0v) is 12.7. The molecule has 0 spiro atoms. The molecule has 0 aromatic carbocycles. The summed E-state index contributed by atoms with van der Waals surface area (Å²) in [5.41, 5.74) is 5.79. The van der Waals surface area contributed by atoms with Crippen molar-refractivity contribution in [2.75, 3.05) is 19.6 Å². The minimum Gasteiger partial charge on any atom is -0.349 e. The van der Waals surface area contributed by atoms with Gasteiger partial charge in [0.25, 0.3) is 0 Å². The SMILES string of the molecule is CCCN(CCC)C(=O)Cn1cc(CNC(=O)CN)nn1. The van der Waals surface area contributed by atoms with Crippen LogP contribution in [0.4, 0.5) is 0 Å². The van der Waals surface area contributed by atoms with E-state index in [1.807, 2.05) is 18.7 Å². The highest BCUT2D eigenvalue weighted by atomic mass is 16.2. The summed E-state index contributed by atoms with van der Waals surface area (Å²) < 4.78 is 1.49. The van der Waals surface area contributed by atoms with Crippen LogP contribution in [0.1, 0.15) is 32.4 Å². The maximum Gasteiger partial charge on any atom is 0.244 e. The Bertz CT molecular complexity index is 453. The van der Waals surface area contributed by atoms with E-state index in [0.29, 0.717) is 5.69 Å². The molecule has 118 valence electrons. The number of nitrogens with two attached hydrogens (primary N) is 1. The predicted molar refractivity (Wildman–Crippen MR) is 78.1 cm³/mol. The van der Waals surface area contributed by atoms with Crippen LogP contribution < -0.4 is 11.1 Å². The molecular weight excluding hydrogens is 272 g/mol. The second-order valence-corrected chi connectivity index (χ2v) is 4.77. The molecule has 0 bridgehead atoms. The average molecular weight is 296 g/mol. The molecule has 1 aromatic rings. The van der Waals surface area contributed by atoms with Gasteiger partial charge in [0.15, 0.2) is 0 Å². The molecule has 2 amide bonds. The van der Waals surface area contributed by atoms with E-state index in [0.717, 1.165) is 25.9 Å². The summed E-state index contributed by atoms with van der Waals surface area (Å²) in [6, 6.07) is 0. The Morgan fingerprint density at radius 1 is 1.33 bits per heavy atom. The molecule has 0 atom stereocenters. The van der Waals surface area contributed by atoms with Gasteiger partial charge in [-0.15, -0.1) is 5.10 Å². The molecule has 1 rings (SSSR count). The Labute approximate surface area is 124 Å². The van der Waals surface area contributed by atoms with Gasteiger partial charge in [0.1, 0.15) is 12.2 Å². The van der Waals surface area contributed by atoms with Gasteiger partial charge in [0.05, 0.1) is 19.3 Å². The summed E-state index contributed by atoms with van der Waals surface area (Å²) in [7, 11) is 0. The Morgan fingerprint density at radius 3 is 2.57 bits per heavy atom. The maximum atomic E-state index is 12.2. The zero-order chi connectivity index (χ0) is 15.7. The third-order valence-electron chi connectivity index (χ3n) is 2.88. The van der Waals surface area contributed by atoms with Crippen LogP contribution in [-0.2, 0) is 22.7 Å². The molecule has 3 N–H and O–H groups in total. The van der Waals surface area contributed by atoms with Gasteiger partial charge in [-0.05, 0) is 12.8 Å². The van der Waals surface area contributed by atoms with Crippen molar-refractivity contribution in [1.82, 2.24) is 25.2 Å². The van der Waals surface area contributed by atoms with Crippen LogP contribution in [0.2, 0.25) is 0 Å². The highest BCUT2D eigenvalue weighted by Crippen LogP contribution is 1.99. The Hall–Kier alpha value is -1.96. The van der Waals surface area contributed by atoms with E-state index in [1.165, 1.54) is 4.68 Å². The van der Waals surface area contributed by atoms with Gasteiger partial charge in [0.2, 0.25) is 11.8 Å². The lowest BCUT2D eigenvalue weighted by Crippen LogP contribution is -2.35. The Morgan fingerprint density at radius 2 is 2.00 bits per heavy atom. The van der Waals surface area contributed by atoms with E-state index in [9.17, 15) is 9.59 Å². The first-order chi connectivity index (χ1) is 10.1. The van der Waals surface area contributed by atoms with Gasteiger partial charge in [0, 0.05) is 13.1 Å². The highest BCUT2D eigenvalue weighted by Gasteiger charge is 2.13. The quantitative estimate of drug-likeness (QED) is 0.639. The van der Waals surface area contributed by atoms with Gasteiger partial charge >= 0.3 is 0 Å². The fraction of sp³-hybridized carbons (Fsp3) is 0.692. The zero-order valence-electron chi connectivity index (χ0n) is 12.7. The molecule has 1 aromatic heterocycles. The van der Waals surface area contributed by atoms with E-state index < -0.39 is 0 Å². The fourth-order valence-corrected chi connectivity index (χ4v) is 1.90. The number of amides is 2. The average Bonchev–Trinajstić information content (AvgIpc) is 2.92. The van der Waals surface area contributed by atoms with E-state index in [-0.39, 0.29) is 31.4 Å². The number of nitrogens with zero attached hydrogens (tertiary/aromatic N) is 4. The summed E-state index contributed by atoms with van der Waals surface area (Å²) in [5.74, 6) is -0.223. The predicted octanol–water partition coefficient (Wildman–Crippen LogP) is -0.498. The first kappa shape index (κ1) is 17.1. The van der Waals surface area contributed by atoms with Crippen LogP contribution in [0.25, 0.3) is 0 Å². The molecule has 8 heteroatoms. The van der Waals surface area contributed by atoms with Crippen molar-refractivity contribution < 1.29 is 9.59 Å². The van der Waals surface area contributed by atoms with Crippen molar-refractivity contribution in [3.63, 3.8) is 0 Å². The molecular formula is C13H24N6O2. The van der Waals surface area contributed by atoms with Crippen LogP contribution in [-0.4, -0.2) is 51.3 Å². The molecule has 8 nitrogen and oxygen atoms in total. The summed E-state index contributed by atoms with van der Waals surface area (Å²) in [5, 5.41) is 10.4. The Balaban J connectivity index is 2.52. The van der Waals surface area contributed by atoms with Gasteiger partial charge < -0.3 is 16.0 Å². The van der Waals surface area contributed by atoms with Crippen LogP contribution in [0.3, 0.4) is 0 Å². The first-order valence-electron chi connectivity index (χ1n) is 7.24. The van der Waals surface area contributed by atoms with E-state index in [4.69, 9.17) is 5.73 Å². The lowest BCUT2D eigenvalue weighted by molar-refractivity contribution is -0.132.